The molecule has 1 aromatic heterocycles. The van der Waals surface area contributed by atoms with E-state index >= 15 is 0 Å². The molecular formula is C16H16F3N5. The number of nitrogens with zero attached hydrogens (tertiary/aromatic N) is 4. The molecule has 0 amide bonds. The van der Waals surface area contributed by atoms with Crippen molar-refractivity contribution in [2.24, 2.45) is 0 Å². The zero-order valence-corrected chi connectivity index (χ0v) is 13.2. The van der Waals surface area contributed by atoms with Gasteiger partial charge in [0.25, 0.3) is 0 Å². The summed E-state index contributed by atoms with van der Waals surface area (Å²) in [7, 11) is 3.83. The molecule has 0 spiro atoms. The summed E-state index contributed by atoms with van der Waals surface area (Å²) in [5.74, 6) is 0.299. The Labute approximate surface area is 137 Å². The molecule has 0 bridgehead atoms. The van der Waals surface area contributed by atoms with Gasteiger partial charge in [-0.05, 0) is 26.2 Å². The lowest BCUT2D eigenvalue weighted by molar-refractivity contribution is -0.137. The van der Waals surface area contributed by atoms with Crippen LogP contribution in [0, 0.1) is 11.3 Å². The lowest BCUT2D eigenvalue weighted by Crippen LogP contribution is -2.21. The van der Waals surface area contributed by atoms with Crippen LogP contribution in [0.2, 0.25) is 0 Å². The summed E-state index contributed by atoms with van der Waals surface area (Å²) >= 11 is 0. The third-order valence-corrected chi connectivity index (χ3v) is 3.18. The summed E-state index contributed by atoms with van der Waals surface area (Å²) in [6.45, 7) is 1.32. The molecule has 0 aliphatic rings. The number of hydrogen-bond donors (Lipinski definition) is 1. The average Bonchev–Trinajstić information content (AvgIpc) is 2.53. The summed E-state index contributed by atoms with van der Waals surface area (Å²) in [6.07, 6.45) is -4.44. The van der Waals surface area contributed by atoms with E-state index in [-0.39, 0.29) is 17.1 Å². The number of hydrogen-bond acceptors (Lipinski definition) is 5. The molecule has 1 aromatic carbocycles. The smallest absolute Gasteiger partial charge is 0.369 e. The van der Waals surface area contributed by atoms with Crippen molar-refractivity contribution in [1.82, 2.24) is 14.9 Å². The van der Waals surface area contributed by atoms with Gasteiger partial charge in [0.1, 0.15) is 11.9 Å². The second-order valence-electron chi connectivity index (χ2n) is 5.38. The van der Waals surface area contributed by atoms with E-state index in [1.165, 1.54) is 18.2 Å². The van der Waals surface area contributed by atoms with Crippen molar-refractivity contribution >= 4 is 5.82 Å². The Hall–Kier alpha value is -2.66. The minimum absolute atomic E-state index is 0.0998. The number of aromatic nitrogens is 2. The van der Waals surface area contributed by atoms with Crippen LogP contribution in [0.1, 0.15) is 11.4 Å². The van der Waals surface area contributed by atoms with Crippen LogP contribution >= 0.6 is 0 Å². The van der Waals surface area contributed by atoms with Gasteiger partial charge in [-0.25, -0.2) is 9.97 Å². The van der Waals surface area contributed by atoms with Crippen LogP contribution in [0.3, 0.4) is 0 Å². The standard InChI is InChI=1S/C16H16F3N5/c1-24(2)7-6-21-14-9-13(22-15(10-20)23-14)11-4-3-5-12(8-11)16(17,18)19/h3-5,8-9H,6-7H2,1-2H3,(H,21,22,23). The van der Waals surface area contributed by atoms with Gasteiger partial charge in [-0.2, -0.15) is 18.4 Å². The van der Waals surface area contributed by atoms with E-state index in [0.29, 0.717) is 12.4 Å². The summed E-state index contributed by atoms with van der Waals surface area (Å²) in [5, 5.41) is 12.1. The molecule has 0 fully saturated rings. The van der Waals surface area contributed by atoms with Crippen molar-refractivity contribution in [3.05, 3.63) is 41.7 Å². The number of nitrogens with one attached hydrogen (secondary N) is 1. The second-order valence-corrected chi connectivity index (χ2v) is 5.38. The number of likely N-dealkylation sites (N-methyl/N-ethyl adjacent to an activating group) is 1. The maximum atomic E-state index is 12.8. The second kappa shape index (κ2) is 7.27. The number of rotatable bonds is 5. The number of halogens is 3. The zero-order valence-electron chi connectivity index (χ0n) is 13.2. The molecule has 2 aromatic rings. The fraction of sp³-hybridized carbons (Fsp3) is 0.312. The van der Waals surface area contributed by atoms with Crippen molar-refractivity contribution in [3.8, 4) is 17.3 Å². The van der Waals surface area contributed by atoms with Gasteiger partial charge in [0.15, 0.2) is 0 Å². The molecule has 0 aliphatic carbocycles. The highest BCUT2D eigenvalue weighted by Crippen LogP contribution is 2.32. The highest BCUT2D eigenvalue weighted by molar-refractivity contribution is 5.64. The Kier molecular flexibility index (Phi) is 5.36. The molecule has 0 saturated carbocycles. The van der Waals surface area contributed by atoms with E-state index in [0.717, 1.165) is 18.7 Å². The van der Waals surface area contributed by atoms with Crippen LogP contribution in [-0.4, -0.2) is 42.1 Å². The summed E-state index contributed by atoms with van der Waals surface area (Å²) < 4.78 is 38.5. The fourth-order valence-corrected chi connectivity index (χ4v) is 2.00. The minimum atomic E-state index is -4.44. The van der Waals surface area contributed by atoms with Gasteiger partial charge in [0.2, 0.25) is 5.82 Å². The molecule has 0 aliphatic heterocycles. The van der Waals surface area contributed by atoms with E-state index in [2.05, 4.69) is 15.3 Å². The van der Waals surface area contributed by atoms with Crippen LogP contribution in [0.15, 0.2) is 30.3 Å². The van der Waals surface area contributed by atoms with E-state index in [1.807, 2.05) is 25.1 Å². The van der Waals surface area contributed by atoms with Crippen molar-refractivity contribution in [2.75, 3.05) is 32.5 Å². The largest absolute Gasteiger partial charge is 0.416 e. The zero-order chi connectivity index (χ0) is 17.7. The molecule has 126 valence electrons. The van der Waals surface area contributed by atoms with E-state index < -0.39 is 11.7 Å². The molecule has 1 N–H and O–H groups in total. The molecule has 0 atom stereocenters. The number of alkyl halides is 3. The first-order chi connectivity index (χ1) is 11.3. The lowest BCUT2D eigenvalue weighted by atomic mass is 10.1. The Bertz CT molecular complexity index is 750. The van der Waals surface area contributed by atoms with Gasteiger partial charge in [0, 0.05) is 24.7 Å². The van der Waals surface area contributed by atoms with E-state index in [4.69, 9.17) is 5.26 Å². The minimum Gasteiger partial charge on any atom is -0.369 e. The van der Waals surface area contributed by atoms with Crippen molar-refractivity contribution in [3.63, 3.8) is 0 Å². The number of anilines is 1. The number of benzene rings is 1. The van der Waals surface area contributed by atoms with Crippen LogP contribution in [0.25, 0.3) is 11.3 Å². The molecule has 0 saturated heterocycles. The van der Waals surface area contributed by atoms with Crippen molar-refractivity contribution < 1.29 is 13.2 Å². The maximum absolute atomic E-state index is 12.8. The van der Waals surface area contributed by atoms with E-state index in [1.54, 1.807) is 0 Å². The predicted molar refractivity (Wildman–Crippen MR) is 84.2 cm³/mol. The van der Waals surface area contributed by atoms with Gasteiger partial charge in [-0.15, -0.1) is 0 Å². The van der Waals surface area contributed by atoms with Gasteiger partial charge in [0.05, 0.1) is 11.3 Å². The highest BCUT2D eigenvalue weighted by Gasteiger charge is 2.30. The molecular weight excluding hydrogens is 319 g/mol. The van der Waals surface area contributed by atoms with Crippen molar-refractivity contribution in [1.29, 1.82) is 5.26 Å². The van der Waals surface area contributed by atoms with Gasteiger partial charge < -0.3 is 10.2 Å². The van der Waals surface area contributed by atoms with Crippen LogP contribution in [0.4, 0.5) is 19.0 Å². The molecule has 0 radical (unpaired) electrons. The first-order valence-electron chi connectivity index (χ1n) is 7.15. The SMILES string of the molecule is CN(C)CCNc1cc(-c2cccc(C(F)(F)F)c2)nc(C#N)n1. The third-order valence-electron chi connectivity index (χ3n) is 3.18. The molecule has 1 heterocycles. The first kappa shape index (κ1) is 17.7. The summed E-state index contributed by atoms with van der Waals surface area (Å²) in [5.41, 5.74) is -0.223. The lowest BCUT2D eigenvalue weighted by Gasteiger charge is -2.12. The Morgan fingerprint density at radius 3 is 2.58 bits per heavy atom. The van der Waals surface area contributed by atoms with E-state index in [9.17, 15) is 13.2 Å². The van der Waals surface area contributed by atoms with Crippen molar-refractivity contribution in [2.45, 2.75) is 6.18 Å². The van der Waals surface area contributed by atoms with Gasteiger partial charge in [-0.3, -0.25) is 0 Å². The highest BCUT2D eigenvalue weighted by atomic mass is 19.4. The molecule has 24 heavy (non-hydrogen) atoms. The molecule has 2 rings (SSSR count). The summed E-state index contributed by atoms with van der Waals surface area (Å²) in [6, 6.07) is 8.19. The van der Waals surface area contributed by atoms with Crippen LogP contribution in [0.5, 0.6) is 0 Å². The normalized spacial score (nSPS) is 11.4. The molecule has 5 nitrogen and oxygen atoms in total. The molecule has 0 unspecified atom stereocenters. The van der Waals surface area contributed by atoms with Gasteiger partial charge >= 0.3 is 6.18 Å². The average molecular weight is 335 g/mol. The topological polar surface area (TPSA) is 64.8 Å². The Morgan fingerprint density at radius 1 is 1.21 bits per heavy atom. The van der Waals surface area contributed by atoms with Gasteiger partial charge in [-0.1, -0.05) is 12.1 Å². The predicted octanol–water partition coefficient (Wildman–Crippen LogP) is 3.01. The first-order valence-corrected chi connectivity index (χ1v) is 7.15. The third kappa shape index (κ3) is 4.67. The summed E-state index contributed by atoms with van der Waals surface area (Å²) in [4.78, 5) is 9.99. The Balaban J connectivity index is 2.34. The molecule has 8 heteroatoms. The monoisotopic (exact) mass is 335 g/mol. The Morgan fingerprint density at radius 2 is 1.96 bits per heavy atom. The maximum Gasteiger partial charge on any atom is 0.416 e. The van der Waals surface area contributed by atoms with Crippen LogP contribution < -0.4 is 5.32 Å². The fourth-order valence-electron chi connectivity index (χ4n) is 2.00. The quantitative estimate of drug-likeness (QED) is 0.910. The van der Waals surface area contributed by atoms with Crippen LogP contribution in [-0.2, 0) is 6.18 Å². The number of nitriles is 1.